The summed E-state index contributed by atoms with van der Waals surface area (Å²) in [5.74, 6) is -1.16. The van der Waals surface area contributed by atoms with E-state index in [9.17, 15) is 14.4 Å². The monoisotopic (exact) mass is 271 g/mol. The van der Waals surface area contributed by atoms with Gasteiger partial charge >= 0.3 is 12.0 Å². The van der Waals surface area contributed by atoms with Crippen LogP contribution in [0.25, 0.3) is 0 Å². The third-order valence-electron chi connectivity index (χ3n) is 3.22. The summed E-state index contributed by atoms with van der Waals surface area (Å²) in [6.07, 6.45) is 2.06. The molecule has 0 radical (unpaired) electrons. The fourth-order valence-corrected chi connectivity index (χ4v) is 2.07. The molecule has 0 aromatic rings. The van der Waals surface area contributed by atoms with Crippen LogP contribution in [0.4, 0.5) is 4.79 Å². The number of carbonyl (C=O) groups excluding carboxylic acids is 2. The maximum Gasteiger partial charge on any atom is 0.322 e. The van der Waals surface area contributed by atoms with Crippen molar-refractivity contribution in [1.29, 1.82) is 0 Å². The number of nitrogens with one attached hydrogen (secondary N) is 2. The zero-order valence-corrected chi connectivity index (χ0v) is 11.3. The number of carbonyl (C=O) groups is 3. The Labute approximate surface area is 112 Å². The lowest BCUT2D eigenvalue weighted by molar-refractivity contribution is -0.137. The van der Waals surface area contributed by atoms with Crippen LogP contribution < -0.4 is 10.6 Å². The molecule has 3 amide bonds. The second-order valence-corrected chi connectivity index (χ2v) is 5.01. The highest BCUT2D eigenvalue weighted by Gasteiger charge is 2.26. The molecule has 1 fully saturated rings. The van der Waals surface area contributed by atoms with E-state index < -0.39 is 18.4 Å². The van der Waals surface area contributed by atoms with Crippen molar-refractivity contribution in [3.05, 3.63) is 0 Å². The smallest absolute Gasteiger partial charge is 0.322 e. The van der Waals surface area contributed by atoms with Crippen molar-refractivity contribution >= 4 is 17.9 Å². The van der Waals surface area contributed by atoms with E-state index in [1.807, 2.05) is 6.92 Å². The van der Waals surface area contributed by atoms with Gasteiger partial charge in [0.05, 0.1) is 6.54 Å². The summed E-state index contributed by atoms with van der Waals surface area (Å²) in [5.41, 5.74) is 0. The Morgan fingerprint density at radius 3 is 2.47 bits per heavy atom. The standard InChI is InChI=1S/C12H21N3O4/c1-8-3-4-9(2)15(7-8)12(19)14-5-10(16)13-6-11(17)18/h8-9H,3-7H2,1-2H3,(H,13,16)(H,14,19)(H,17,18). The normalized spacial score (nSPS) is 22.7. The summed E-state index contributed by atoms with van der Waals surface area (Å²) < 4.78 is 0. The second-order valence-electron chi connectivity index (χ2n) is 5.01. The molecule has 1 rings (SSSR count). The zero-order chi connectivity index (χ0) is 14.4. The van der Waals surface area contributed by atoms with Gasteiger partial charge in [-0.3, -0.25) is 9.59 Å². The van der Waals surface area contributed by atoms with Crippen molar-refractivity contribution in [3.63, 3.8) is 0 Å². The van der Waals surface area contributed by atoms with E-state index in [4.69, 9.17) is 5.11 Å². The molecule has 1 heterocycles. The zero-order valence-electron chi connectivity index (χ0n) is 11.3. The number of hydrogen-bond donors (Lipinski definition) is 3. The van der Waals surface area contributed by atoms with Crippen molar-refractivity contribution in [3.8, 4) is 0 Å². The predicted molar refractivity (Wildman–Crippen MR) is 68.6 cm³/mol. The second kappa shape index (κ2) is 6.96. The Morgan fingerprint density at radius 2 is 1.84 bits per heavy atom. The number of aliphatic carboxylic acids is 1. The average molecular weight is 271 g/mol. The van der Waals surface area contributed by atoms with Gasteiger partial charge < -0.3 is 20.6 Å². The maximum absolute atomic E-state index is 11.9. The van der Waals surface area contributed by atoms with E-state index in [1.54, 1.807) is 4.90 Å². The maximum atomic E-state index is 11.9. The number of rotatable bonds is 4. The SMILES string of the molecule is CC1CCC(C)N(C(=O)NCC(=O)NCC(=O)O)C1. The largest absolute Gasteiger partial charge is 0.480 e. The van der Waals surface area contributed by atoms with E-state index in [2.05, 4.69) is 17.6 Å². The van der Waals surface area contributed by atoms with Crippen molar-refractivity contribution in [1.82, 2.24) is 15.5 Å². The van der Waals surface area contributed by atoms with E-state index in [0.29, 0.717) is 12.5 Å². The molecule has 108 valence electrons. The fourth-order valence-electron chi connectivity index (χ4n) is 2.07. The lowest BCUT2D eigenvalue weighted by atomic mass is 9.95. The van der Waals surface area contributed by atoms with Gasteiger partial charge in [0.15, 0.2) is 0 Å². The molecule has 2 unspecified atom stereocenters. The molecule has 1 aliphatic heterocycles. The van der Waals surface area contributed by atoms with Crippen LogP contribution in [0.15, 0.2) is 0 Å². The van der Waals surface area contributed by atoms with Crippen molar-refractivity contribution in [2.75, 3.05) is 19.6 Å². The fraction of sp³-hybridized carbons (Fsp3) is 0.750. The van der Waals surface area contributed by atoms with E-state index in [-0.39, 0.29) is 18.6 Å². The van der Waals surface area contributed by atoms with Crippen LogP contribution in [0, 0.1) is 5.92 Å². The highest BCUT2D eigenvalue weighted by molar-refractivity contribution is 5.86. The molecule has 1 saturated heterocycles. The minimum Gasteiger partial charge on any atom is -0.480 e. The number of hydrogen-bond acceptors (Lipinski definition) is 3. The summed E-state index contributed by atoms with van der Waals surface area (Å²) >= 11 is 0. The van der Waals surface area contributed by atoms with E-state index in [0.717, 1.165) is 12.8 Å². The molecule has 0 aromatic heterocycles. The number of carboxylic acid groups (broad SMARTS) is 1. The number of carboxylic acids is 1. The van der Waals surface area contributed by atoms with Crippen LogP contribution in [0.2, 0.25) is 0 Å². The van der Waals surface area contributed by atoms with Crippen molar-refractivity contribution < 1.29 is 19.5 Å². The Bertz CT molecular complexity index is 359. The Kier molecular flexibility index (Phi) is 5.59. The molecule has 1 aliphatic rings. The molecule has 7 nitrogen and oxygen atoms in total. The summed E-state index contributed by atoms with van der Waals surface area (Å²) in [6.45, 7) is 4.11. The molecular formula is C12H21N3O4. The molecule has 0 spiro atoms. The Balaban J connectivity index is 2.33. The summed E-state index contributed by atoms with van der Waals surface area (Å²) in [6, 6.07) is -0.109. The van der Waals surface area contributed by atoms with Crippen LogP contribution in [-0.2, 0) is 9.59 Å². The van der Waals surface area contributed by atoms with Gasteiger partial charge in [-0.1, -0.05) is 6.92 Å². The molecule has 0 saturated carbocycles. The van der Waals surface area contributed by atoms with Gasteiger partial charge in [-0.25, -0.2) is 4.79 Å². The van der Waals surface area contributed by atoms with Crippen LogP contribution in [-0.4, -0.2) is 53.6 Å². The molecule has 0 aliphatic carbocycles. The predicted octanol–water partition coefficient (Wildman–Crippen LogP) is 0.0172. The summed E-state index contributed by atoms with van der Waals surface area (Å²) in [4.78, 5) is 35.2. The van der Waals surface area contributed by atoms with Crippen LogP contribution in [0.5, 0.6) is 0 Å². The Hall–Kier alpha value is -1.79. The van der Waals surface area contributed by atoms with Crippen molar-refractivity contribution in [2.45, 2.75) is 32.7 Å². The van der Waals surface area contributed by atoms with Gasteiger partial charge in [0.25, 0.3) is 0 Å². The van der Waals surface area contributed by atoms with Gasteiger partial charge in [0.1, 0.15) is 6.54 Å². The summed E-state index contributed by atoms with van der Waals surface area (Å²) in [5, 5.41) is 13.1. The lowest BCUT2D eigenvalue weighted by Gasteiger charge is -2.36. The molecule has 0 aromatic carbocycles. The first-order valence-electron chi connectivity index (χ1n) is 6.43. The number of nitrogens with zero attached hydrogens (tertiary/aromatic N) is 1. The highest BCUT2D eigenvalue weighted by atomic mass is 16.4. The van der Waals surface area contributed by atoms with Gasteiger partial charge in [-0.15, -0.1) is 0 Å². The van der Waals surface area contributed by atoms with Gasteiger partial charge in [0, 0.05) is 12.6 Å². The quantitative estimate of drug-likeness (QED) is 0.671. The number of amides is 3. The first-order chi connectivity index (χ1) is 8.90. The highest BCUT2D eigenvalue weighted by Crippen LogP contribution is 2.20. The third-order valence-corrected chi connectivity index (χ3v) is 3.22. The first-order valence-corrected chi connectivity index (χ1v) is 6.43. The topological polar surface area (TPSA) is 98.7 Å². The number of urea groups is 1. The first kappa shape index (κ1) is 15.3. The number of likely N-dealkylation sites (tertiary alicyclic amines) is 1. The van der Waals surface area contributed by atoms with Gasteiger partial charge in [0.2, 0.25) is 5.91 Å². The molecule has 3 N–H and O–H groups in total. The molecule has 7 heteroatoms. The van der Waals surface area contributed by atoms with Gasteiger partial charge in [-0.2, -0.15) is 0 Å². The Morgan fingerprint density at radius 1 is 1.16 bits per heavy atom. The van der Waals surface area contributed by atoms with Crippen molar-refractivity contribution in [2.24, 2.45) is 5.92 Å². The van der Waals surface area contributed by atoms with Crippen LogP contribution in [0.1, 0.15) is 26.7 Å². The van der Waals surface area contributed by atoms with Crippen LogP contribution >= 0.6 is 0 Å². The number of piperidine rings is 1. The third kappa shape index (κ3) is 5.15. The molecule has 19 heavy (non-hydrogen) atoms. The molecule has 0 bridgehead atoms. The van der Waals surface area contributed by atoms with Crippen LogP contribution in [0.3, 0.4) is 0 Å². The van der Waals surface area contributed by atoms with E-state index >= 15 is 0 Å². The van der Waals surface area contributed by atoms with E-state index in [1.165, 1.54) is 0 Å². The minimum absolute atomic E-state index is 0.165. The lowest BCUT2D eigenvalue weighted by Crippen LogP contribution is -2.51. The van der Waals surface area contributed by atoms with Gasteiger partial charge in [-0.05, 0) is 25.7 Å². The molecular weight excluding hydrogens is 250 g/mol. The summed E-state index contributed by atoms with van der Waals surface area (Å²) in [7, 11) is 0. The molecule has 2 atom stereocenters. The minimum atomic E-state index is -1.11. The average Bonchev–Trinajstić information content (AvgIpc) is 2.36.